The van der Waals surface area contributed by atoms with Gasteiger partial charge in [-0.3, -0.25) is 0 Å². The molecule has 0 radical (unpaired) electrons. The lowest BCUT2D eigenvalue weighted by molar-refractivity contribution is -0.126. The molecule has 0 saturated carbocycles. The van der Waals surface area contributed by atoms with Crippen LogP contribution in [-0.2, 0) is 11.2 Å². The summed E-state index contributed by atoms with van der Waals surface area (Å²) in [4.78, 5) is 13.9. The Labute approximate surface area is 200 Å². The van der Waals surface area contributed by atoms with E-state index in [9.17, 15) is 22.4 Å². The molecule has 186 valence electrons. The molecule has 0 bridgehead atoms. The summed E-state index contributed by atoms with van der Waals surface area (Å²) in [6.45, 7) is 6.14. The quantitative estimate of drug-likeness (QED) is 0.441. The number of rotatable bonds is 4. The van der Waals surface area contributed by atoms with Crippen LogP contribution < -0.4 is 10.6 Å². The lowest BCUT2D eigenvalue weighted by Gasteiger charge is -2.33. The number of benzene rings is 1. The molecule has 2 aromatic rings. The Bertz CT molecular complexity index is 1080. The number of alkyl halides is 4. The molecule has 2 heterocycles. The Morgan fingerprint density at radius 3 is 2.68 bits per heavy atom. The third-order valence-corrected chi connectivity index (χ3v) is 6.40. The molecule has 2 atom stereocenters. The number of likely N-dealkylation sites (tertiary alicyclic amines) is 1. The molecule has 2 N–H and O–H groups in total. The van der Waals surface area contributed by atoms with Gasteiger partial charge in [0.25, 0.3) is 0 Å². The number of thiophene rings is 1. The number of alkyl carbamates (subject to hydrolysis) is 1. The zero-order valence-corrected chi connectivity index (χ0v) is 20.4. The van der Waals surface area contributed by atoms with Crippen LogP contribution in [0, 0.1) is 11.8 Å². The molecule has 3 rings (SSSR count). The van der Waals surface area contributed by atoms with Crippen LogP contribution >= 0.6 is 11.3 Å². The van der Waals surface area contributed by atoms with Gasteiger partial charge >= 0.3 is 12.3 Å². The first-order valence-corrected chi connectivity index (χ1v) is 11.8. The van der Waals surface area contributed by atoms with Gasteiger partial charge < -0.3 is 20.3 Å². The Hall–Kier alpha value is -2.51. The van der Waals surface area contributed by atoms with E-state index in [4.69, 9.17) is 4.74 Å². The van der Waals surface area contributed by atoms with Gasteiger partial charge in [-0.2, -0.15) is 13.2 Å². The van der Waals surface area contributed by atoms with Crippen LogP contribution in [0.5, 0.6) is 0 Å². The zero-order chi connectivity index (χ0) is 25.1. The van der Waals surface area contributed by atoms with E-state index >= 15 is 0 Å². The monoisotopic (exact) mass is 499 g/mol. The topological polar surface area (TPSA) is 53.6 Å². The number of amides is 1. The second-order valence-corrected chi connectivity index (χ2v) is 10.4. The highest BCUT2D eigenvalue weighted by molar-refractivity contribution is 7.20. The maximum atomic E-state index is 14.5. The summed E-state index contributed by atoms with van der Waals surface area (Å²) in [5.41, 5.74) is 0.0164. The largest absolute Gasteiger partial charge is 0.444 e. The summed E-state index contributed by atoms with van der Waals surface area (Å²) in [5.74, 6) is 5.49. The minimum Gasteiger partial charge on any atom is -0.444 e. The Kier molecular flexibility index (Phi) is 7.98. The number of fused-ring (bicyclic) bond motifs is 1. The van der Waals surface area contributed by atoms with Gasteiger partial charge in [0.05, 0.1) is 34.3 Å². The lowest BCUT2D eigenvalue weighted by Crippen LogP contribution is -2.46. The van der Waals surface area contributed by atoms with Crippen molar-refractivity contribution in [2.75, 3.05) is 32.0 Å². The number of nitrogens with zero attached hydrogens (tertiary/aromatic N) is 1. The summed E-state index contributed by atoms with van der Waals surface area (Å²) in [6, 6.07) is 4.63. The van der Waals surface area contributed by atoms with Crippen molar-refractivity contribution in [1.82, 2.24) is 10.2 Å². The minimum atomic E-state index is -4.42. The van der Waals surface area contributed by atoms with Gasteiger partial charge in [0.15, 0.2) is 0 Å². The van der Waals surface area contributed by atoms with Crippen molar-refractivity contribution in [3.8, 4) is 11.8 Å². The highest BCUT2D eigenvalue weighted by Crippen LogP contribution is 2.39. The highest BCUT2D eigenvalue weighted by atomic mass is 32.1. The molecular weight excluding hydrogens is 470 g/mol. The highest BCUT2D eigenvalue weighted by Gasteiger charge is 2.32. The van der Waals surface area contributed by atoms with Gasteiger partial charge in [0, 0.05) is 13.1 Å². The summed E-state index contributed by atoms with van der Waals surface area (Å²) >= 11 is 1.14. The zero-order valence-electron chi connectivity index (χ0n) is 19.6. The molecule has 0 aliphatic carbocycles. The van der Waals surface area contributed by atoms with Crippen LogP contribution in [0.2, 0.25) is 0 Å². The van der Waals surface area contributed by atoms with Crippen LogP contribution in [0.1, 0.15) is 37.6 Å². The summed E-state index contributed by atoms with van der Waals surface area (Å²) < 4.78 is 60.3. The molecule has 1 aromatic carbocycles. The SMILES string of the molecule is CN1CC[C@@H](Nc2cccc3c(CC(F)(F)F)c(C#CCNC(=O)OC(C)(C)C)sc23)[C@@H](F)C1. The number of hydrogen-bond donors (Lipinski definition) is 2. The van der Waals surface area contributed by atoms with Gasteiger partial charge in [-0.25, -0.2) is 9.18 Å². The number of carbonyl (C=O) groups is 1. The van der Waals surface area contributed by atoms with Gasteiger partial charge in [0.1, 0.15) is 11.8 Å². The van der Waals surface area contributed by atoms with Crippen molar-refractivity contribution >= 4 is 33.2 Å². The Morgan fingerprint density at radius 1 is 1.29 bits per heavy atom. The predicted octanol–water partition coefficient (Wildman–Crippen LogP) is 5.34. The molecule has 0 unspecified atom stereocenters. The standard InChI is InChI=1S/C24H29F4N3O2S/c1-23(2,3)33-22(32)29-11-6-9-20-16(13-24(26,27)28)15-7-5-8-19(21(15)34-20)30-18-10-12-31(4)14-17(18)25/h5,7-8,17-18,30H,10-14H2,1-4H3,(H,29,32)/t17-,18+/m0/s1. The smallest absolute Gasteiger partial charge is 0.408 e. The Balaban J connectivity index is 1.87. The Morgan fingerprint density at radius 2 is 2.03 bits per heavy atom. The van der Waals surface area contributed by atoms with Gasteiger partial charge in [-0.15, -0.1) is 11.3 Å². The molecule has 1 amide bonds. The first-order valence-electron chi connectivity index (χ1n) is 11.0. The fraction of sp³-hybridized carbons (Fsp3) is 0.542. The minimum absolute atomic E-state index is 0.0706. The molecule has 5 nitrogen and oxygen atoms in total. The third kappa shape index (κ3) is 7.24. The molecular formula is C24H29F4N3O2S. The van der Waals surface area contributed by atoms with Crippen LogP contribution in [0.25, 0.3) is 10.1 Å². The normalized spacial score (nSPS) is 19.4. The van der Waals surface area contributed by atoms with E-state index < -0.39 is 36.5 Å². The second kappa shape index (κ2) is 10.4. The number of hydrogen-bond acceptors (Lipinski definition) is 5. The molecule has 1 saturated heterocycles. The maximum absolute atomic E-state index is 14.5. The van der Waals surface area contributed by atoms with Gasteiger partial charge in [-0.1, -0.05) is 24.0 Å². The summed E-state index contributed by atoms with van der Waals surface area (Å²) in [6.07, 6.45) is -6.68. The van der Waals surface area contributed by atoms with Crippen molar-refractivity contribution in [2.45, 2.75) is 57.6 Å². The van der Waals surface area contributed by atoms with Crippen LogP contribution in [-0.4, -0.2) is 61.7 Å². The fourth-order valence-corrected chi connectivity index (χ4v) is 4.91. The van der Waals surface area contributed by atoms with Gasteiger partial charge in [0.2, 0.25) is 0 Å². The first-order chi connectivity index (χ1) is 15.8. The molecule has 1 aromatic heterocycles. The lowest BCUT2D eigenvalue weighted by atomic mass is 10.0. The fourth-order valence-electron chi connectivity index (χ4n) is 3.74. The van der Waals surface area contributed by atoms with Crippen molar-refractivity contribution in [3.63, 3.8) is 0 Å². The average Bonchev–Trinajstić information content (AvgIpc) is 3.03. The maximum Gasteiger partial charge on any atom is 0.408 e. The van der Waals surface area contributed by atoms with Crippen LogP contribution in [0.4, 0.5) is 28.0 Å². The number of nitrogens with one attached hydrogen (secondary N) is 2. The van der Waals surface area contributed by atoms with Crippen LogP contribution in [0.15, 0.2) is 18.2 Å². The van der Waals surface area contributed by atoms with E-state index in [-0.39, 0.29) is 17.0 Å². The van der Waals surface area contributed by atoms with Crippen molar-refractivity contribution < 1.29 is 27.1 Å². The van der Waals surface area contributed by atoms with Crippen molar-refractivity contribution in [2.24, 2.45) is 0 Å². The number of anilines is 1. The summed E-state index contributed by atoms with van der Waals surface area (Å²) in [5, 5.41) is 6.13. The summed E-state index contributed by atoms with van der Waals surface area (Å²) in [7, 11) is 1.86. The first kappa shape index (κ1) is 26.1. The van der Waals surface area contributed by atoms with Gasteiger partial charge in [-0.05, 0) is 51.3 Å². The van der Waals surface area contributed by atoms with Crippen LogP contribution in [0.3, 0.4) is 0 Å². The molecule has 0 spiro atoms. The molecule has 1 aliphatic heterocycles. The van der Waals surface area contributed by atoms with E-state index in [0.717, 1.165) is 17.9 Å². The molecule has 1 fully saturated rings. The number of piperidine rings is 1. The molecule has 10 heteroatoms. The van der Waals surface area contributed by atoms with E-state index in [1.54, 1.807) is 39.0 Å². The van der Waals surface area contributed by atoms with E-state index in [1.165, 1.54) is 0 Å². The van der Waals surface area contributed by atoms with Crippen molar-refractivity contribution in [3.05, 3.63) is 28.6 Å². The number of halogens is 4. The van der Waals surface area contributed by atoms with Crippen molar-refractivity contribution in [1.29, 1.82) is 0 Å². The second-order valence-electron chi connectivity index (χ2n) is 9.36. The third-order valence-electron chi connectivity index (χ3n) is 5.20. The van der Waals surface area contributed by atoms with E-state index in [1.807, 2.05) is 11.9 Å². The number of ether oxygens (including phenoxy) is 1. The van der Waals surface area contributed by atoms with E-state index in [2.05, 4.69) is 22.5 Å². The predicted molar refractivity (Wildman–Crippen MR) is 127 cm³/mol. The molecule has 1 aliphatic rings. The molecule has 34 heavy (non-hydrogen) atoms. The average molecular weight is 500 g/mol. The number of carbonyl (C=O) groups excluding carboxylic acids is 1. The van der Waals surface area contributed by atoms with E-state index in [0.29, 0.717) is 28.7 Å².